The average Bonchev–Trinajstić information content (AvgIpc) is 2.95. The lowest BCUT2D eigenvalue weighted by atomic mass is 10.1. The lowest BCUT2D eigenvalue weighted by molar-refractivity contribution is 0.0361. The summed E-state index contributed by atoms with van der Waals surface area (Å²) in [4.78, 5) is 14.2. The molecular formula is C15H18BrN3O3. The summed E-state index contributed by atoms with van der Waals surface area (Å²) in [5, 5.41) is 5.25. The first-order chi connectivity index (χ1) is 10.7. The summed E-state index contributed by atoms with van der Waals surface area (Å²) in [7, 11) is 1.39. The van der Waals surface area contributed by atoms with Gasteiger partial charge < -0.3 is 9.47 Å². The van der Waals surface area contributed by atoms with Crippen LogP contribution in [0.15, 0.2) is 22.8 Å². The van der Waals surface area contributed by atoms with Gasteiger partial charge >= 0.3 is 5.97 Å². The fourth-order valence-electron chi connectivity index (χ4n) is 2.66. The van der Waals surface area contributed by atoms with Gasteiger partial charge in [-0.3, -0.25) is 9.58 Å². The minimum atomic E-state index is -0.348. The highest BCUT2D eigenvalue weighted by Gasteiger charge is 2.16. The smallest absolute Gasteiger partial charge is 0.338 e. The number of ether oxygens (including phenoxy) is 2. The van der Waals surface area contributed by atoms with Crippen LogP contribution in [0.5, 0.6) is 0 Å². The number of nitrogens with zero attached hydrogens (tertiary/aromatic N) is 3. The number of rotatable bonds is 4. The fraction of sp³-hybridized carbons (Fsp3) is 0.467. The highest BCUT2D eigenvalue weighted by molar-refractivity contribution is 9.10. The Morgan fingerprint density at radius 3 is 2.86 bits per heavy atom. The van der Waals surface area contributed by atoms with Gasteiger partial charge in [-0.1, -0.05) is 15.9 Å². The minimum Gasteiger partial charge on any atom is -0.465 e. The van der Waals surface area contributed by atoms with Gasteiger partial charge in [-0.05, 0) is 12.1 Å². The highest BCUT2D eigenvalue weighted by Crippen LogP contribution is 2.25. The summed E-state index contributed by atoms with van der Waals surface area (Å²) < 4.78 is 13.0. The minimum absolute atomic E-state index is 0.348. The first-order valence-electron chi connectivity index (χ1n) is 7.22. The van der Waals surface area contributed by atoms with Crippen molar-refractivity contribution in [3.63, 3.8) is 0 Å². The molecule has 3 rings (SSSR count). The third-order valence-corrected chi connectivity index (χ3v) is 4.32. The van der Waals surface area contributed by atoms with Gasteiger partial charge in [0.2, 0.25) is 0 Å². The van der Waals surface area contributed by atoms with E-state index in [0.717, 1.165) is 54.8 Å². The van der Waals surface area contributed by atoms with Crippen molar-refractivity contribution in [1.82, 2.24) is 14.7 Å². The number of carbonyl (C=O) groups is 1. The SMILES string of the molecule is COC(=O)c1cc(Br)cc2c1cnn2CCN1CCOCC1. The second kappa shape index (κ2) is 6.76. The Morgan fingerprint density at radius 1 is 1.36 bits per heavy atom. The van der Waals surface area contributed by atoms with Gasteiger partial charge in [-0.2, -0.15) is 5.10 Å². The lowest BCUT2D eigenvalue weighted by Gasteiger charge is -2.26. The third kappa shape index (κ3) is 3.16. The highest BCUT2D eigenvalue weighted by atomic mass is 79.9. The molecule has 0 aliphatic carbocycles. The number of benzene rings is 1. The molecule has 1 aromatic carbocycles. The number of hydrogen-bond acceptors (Lipinski definition) is 5. The van der Waals surface area contributed by atoms with Crippen LogP contribution < -0.4 is 0 Å². The molecule has 6 nitrogen and oxygen atoms in total. The molecule has 1 aromatic heterocycles. The first-order valence-corrected chi connectivity index (χ1v) is 8.02. The second-order valence-electron chi connectivity index (χ2n) is 5.20. The van der Waals surface area contributed by atoms with Crippen molar-refractivity contribution in [2.45, 2.75) is 6.54 Å². The van der Waals surface area contributed by atoms with Crippen LogP contribution in [0.4, 0.5) is 0 Å². The fourth-order valence-corrected chi connectivity index (χ4v) is 3.11. The molecule has 0 unspecified atom stereocenters. The molecule has 2 aromatic rings. The van der Waals surface area contributed by atoms with Crippen LogP contribution in [0.25, 0.3) is 10.9 Å². The van der Waals surface area contributed by atoms with E-state index in [0.29, 0.717) is 5.56 Å². The number of aromatic nitrogens is 2. The normalized spacial score (nSPS) is 16.1. The standard InChI is InChI=1S/C15H18BrN3O3/c1-21-15(20)12-8-11(16)9-14-13(12)10-17-19(14)3-2-18-4-6-22-7-5-18/h8-10H,2-7H2,1H3. The largest absolute Gasteiger partial charge is 0.465 e. The van der Waals surface area contributed by atoms with Crippen molar-refractivity contribution in [2.75, 3.05) is 40.0 Å². The molecule has 2 heterocycles. The molecule has 0 bridgehead atoms. The topological polar surface area (TPSA) is 56.6 Å². The zero-order chi connectivity index (χ0) is 15.5. The number of methoxy groups -OCH3 is 1. The molecule has 0 spiro atoms. The van der Waals surface area contributed by atoms with Gasteiger partial charge in [-0.15, -0.1) is 0 Å². The number of morpholine rings is 1. The zero-order valence-corrected chi connectivity index (χ0v) is 14.0. The molecule has 118 valence electrons. The number of hydrogen-bond donors (Lipinski definition) is 0. The summed E-state index contributed by atoms with van der Waals surface area (Å²) >= 11 is 3.45. The first kappa shape index (κ1) is 15.5. The van der Waals surface area contributed by atoms with Crippen molar-refractivity contribution >= 4 is 32.8 Å². The Hall–Kier alpha value is -1.44. The quantitative estimate of drug-likeness (QED) is 0.772. The Morgan fingerprint density at radius 2 is 2.14 bits per heavy atom. The van der Waals surface area contributed by atoms with Crippen LogP contribution >= 0.6 is 15.9 Å². The Bertz CT molecular complexity index is 680. The van der Waals surface area contributed by atoms with Crippen molar-refractivity contribution in [2.24, 2.45) is 0 Å². The molecule has 0 saturated carbocycles. The number of esters is 1. The van der Waals surface area contributed by atoms with Gasteiger partial charge in [0.15, 0.2) is 0 Å². The van der Waals surface area contributed by atoms with Crippen LogP contribution in [0.1, 0.15) is 10.4 Å². The Balaban J connectivity index is 1.84. The van der Waals surface area contributed by atoms with Gasteiger partial charge in [-0.25, -0.2) is 4.79 Å². The van der Waals surface area contributed by atoms with E-state index in [9.17, 15) is 4.79 Å². The van der Waals surface area contributed by atoms with Crippen LogP contribution in [-0.2, 0) is 16.0 Å². The van der Waals surface area contributed by atoms with E-state index in [1.165, 1.54) is 7.11 Å². The molecule has 0 atom stereocenters. The molecule has 0 N–H and O–H groups in total. The zero-order valence-electron chi connectivity index (χ0n) is 12.4. The molecule has 1 aliphatic rings. The second-order valence-corrected chi connectivity index (χ2v) is 6.12. The average molecular weight is 368 g/mol. The van der Waals surface area contributed by atoms with E-state index < -0.39 is 0 Å². The summed E-state index contributed by atoms with van der Waals surface area (Å²) in [6, 6.07) is 3.75. The van der Waals surface area contributed by atoms with Crippen LogP contribution in [0.2, 0.25) is 0 Å². The number of fused-ring (bicyclic) bond motifs is 1. The molecule has 22 heavy (non-hydrogen) atoms. The predicted octanol–water partition coefficient (Wildman–Crippen LogP) is 1.92. The van der Waals surface area contributed by atoms with E-state index in [1.54, 1.807) is 12.3 Å². The third-order valence-electron chi connectivity index (χ3n) is 3.86. The summed E-state index contributed by atoms with van der Waals surface area (Å²) in [5.41, 5.74) is 1.47. The predicted molar refractivity (Wildman–Crippen MR) is 86.0 cm³/mol. The summed E-state index contributed by atoms with van der Waals surface area (Å²) in [6.07, 6.45) is 1.73. The molecule has 1 saturated heterocycles. The molecule has 0 amide bonds. The van der Waals surface area contributed by atoms with E-state index in [-0.39, 0.29) is 5.97 Å². The molecule has 7 heteroatoms. The van der Waals surface area contributed by atoms with E-state index in [1.807, 2.05) is 10.7 Å². The van der Waals surface area contributed by atoms with E-state index in [4.69, 9.17) is 9.47 Å². The molecule has 1 aliphatic heterocycles. The number of halogens is 1. The Labute approximate surface area is 137 Å². The van der Waals surface area contributed by atoms with Gasteiger partial charge in [0.05, 0.1) is 44.1 Å². The van der Waals surface area contributed by atoms with Crippen LogP contribution in [0.3, 0.4) is 0 Å². The lowest BCUT2D eigenvalue weighted by Crippen LogP contribution is -2.38. The van der Waals surface area contributed by atoms with Gasteiger partial charge in [0.1, 0.15) is 0 Å². The maximum Gasteiger partial charge on any atom is 0.338 e. The van der Waals surface area contributed by atoms with Gasteiger partial charge in [0.25, 0.3) is 0 Å². The summed E-state index contributed by atoms with van der Waals surface area (Å²) in [5.74, 6) is -0.348. The van der Waals surface area contributed by atoms with Crippen molar-refractivity contribution in [3.8, 4) is 0 Å². The van der Waals surface area contributed by atoms with Gasteiger partial charge in [0, 0.05) is 29.5 Å². The molecular weight excluding hydrogens is 350 g/mol. The summed E-state index contributed by atoms with van der Waals surface area (Å²) in [6.45, 7) is 5.18. The Kier molecular flexibility index (Phi) is 4.75. The van der Waals surface area contributed by atoms with Crippen molar-refractivity contribution < 1.29 is 14.3 Å². The van der Waals surface area contributed by atoms with E-state index >= 15 is 0 Å². The maximum atomic E-state index is 11.9. The van der Waals surface area contributed by atoms with Crippen molar-refractivity contribution in [1.29, 1.82) is 0 Å². The molecule has 0 radical (unpaired) electrons. The molecule has 1 fully saturated rings. The van der Waals surface area contributed by atoms with Crippen molar-refractivity contribution in [3.05, 3.63) is 28.4 Å². The monoisotopic (exact) mass is 367 g/mol. The maximum absolute atomic E-state index is 11.9. The van der Waals surface area contributed by atoms with Crippen LogP contribution in [0, 0.1) is 0 Å². The number of carbonyl (C=O) groups excluding carboxylic acids is 1. The van der Waals surface area contributed by atoms with Crippen LogP contribution in [-0.4, -0.2) is 60.6 Å². The van der Waals surface area contributed by atoms with E-state index in [2.05, 4.69) is 25.9 Å².